The monoisotopic (exact) mass is 377 g/mol. The van der Waals surface area contributed by atoms with E-state index < -0.39 is 0 Å². The molecule has 23 heavy (non-hydrogen) atoms. The number of rotatable bonds is 7. The highest BCUT2D eigenvalue weighted by Crippen LogP contribution is 2.24. The van der Waals surface area contributed by atoms with Gasteiger partial charge in [-0.1, -0.05) is 41.9 Å². The van der Waals surface area contributed by atoms with Crippen LogP contribution in [-0.4, -0.2) is 19.1 Å². The standard InChI is InChI=1S/C18H20BrNO3/c1-13(2)11-23-17-6-4-3-5-16(17)20-18(21)12-22-15-9-7-14(19)8-10-15/h3-10,13H,11-12H2,1-2H3,(H,20,21). The van der Waals surface area contributed by atoms with Crippen LogP contribution in [0, 0.1) is 5.92 Å². The molecule has 2 rings (SSSR count). The van der Waals surface area contributed by atoms with Crippen molar-refractivity contribution in [3.63, 3.8) is 0 Å². The molecular formula is C18H20BrNO3. The van der Waals surface area contributed by atoms with E-state index in [-0.39, 0.29) is 12.5 Å². The number of para-hydroxylation sites is 2. The van der Waals surface area contributed by atoms with Gasteiger partial charge in [0, 0.05) is 4.47 Å². The van der Waals surface area contributed by atoms with E-state index in [1.54, 1.807) is 12.1 Å². The summed E-state index contributed by atoms with van der Waals surface area (Å²) in [4.78, 5) is 12.0. The van der Waals surface area contributed by atoms with Crippen molar-refractivity contribution in [3.05, 3.63) is 53.0 Å². The van der Waals surface area contributed by atoms with Gasteiger partial charge in [0.1, 0.15) is 11.5 Å². The number of amides is 1. The molecule has 122 valence electrons. The number of anilines is 1. The minimum Gasteiger partial charge on any atom is -0.491 e. The zero-order valence-electron chi connectivity index (χ0n) is 13.2. The normalized spacial score (nSPS) is 10.4. The molecule has 0 radical (unpaired) electrons. The van der Waals surface area contributed by atoms with Crippen LogP contribution >= 0.6 is 15.9 Å². The number of hydrogen-bond donors (Lipinski definition) is 1. The fourth-order valence-corrected chi connectivity index (χ4v) is 2.08. The smallest absolute Gasteiger partial charge is 0.262 e. The van der Waals surface area contributed by atoms with Crippen LogP contribution in [0.15, 0.2) is 53.0 Å². The Morgan fingerprint density at radius 3 is 2.48 bits per heavy atom. The first-order chi connectivity index (χ1) is 11.0. The van der Waals surface area contributed by atoms with E-state index in [9.17, 15) is 4.79 Å². The van der Waals surface area contributed by atoms with Gasteiger partial charge in [-0.2, -0.15) is 0 Å². The molecule has 0 unspecified atom stereocenters. The fourth-order valence-electron chi connectivity index (χ4n) is 1.82. The number of halogens is 1. The highest BCUT2D eigenvalue weighted by molar-refractivity contribution is 9.10. The third kappa shape index (κ3) is 5.94. The van der Waals surface area contributed by atoms with Crippen LogP contribution in [0.25, 0.3) is 0 Å². The van der Waals surface area contributed by atoms with Crippen LogP contribution < -0.4 is 14.8 Å². The van der Waals surface area contributed by atoms with Crippen LogP contribution in [0.5, 0.6) is 11.5 Å². The summed E-state index contributed by atoms with van der Waals surface area (Å²) in [5.74, 6) is 1.50. The molecule has 0 aliphatic heterocycles. The first kappa shape index (κ1) is 17.3. The van der Waals surface area contributed by atoms with E-state index in [2.05, 4.69) is 35.1 Å². The number of benzene rings is 2. The SMILES string of the molecule is CC(C)COc1ccccc1NC(=O)COc1ccc(Br)cc1. The van der Waals surface area contributed by atoms with Crippen LogP contribution in [0.1, 0.15) is 13.8 Å². The van der Waals surface area contributed by atoms with Gasteiger partial charge in [0.05, 0.1) is 12.3 Å². The summed E-state index contributed by atoms with van der Waals surface area (Å²) in [6.07, 6.45) is 0. The molecule has 1 N–H and O–H groups in total. The summed E-state index contributed by atoms with van der Waals surface area (Å²) in [7, 11) is 0. The largest absolute Gasteiger partial charge is 0.491 e. The Labute approximate surface area is 144 Å². The van der Waals surface area contributed by atoms with Gasteiger partial charge in [-0.25, -0.2) is 0 Å². The Hall–Kier alpha value is -2.01. The van der Waals surface area contributed by atoms with Crippen molar-refractivity contribution < 1.29 is 14.3 Å². The molecule has 2 aromatic carbocycles. The first-order valence-corrected chi connectivity index (χ1v) is 8.24. The van der Waals surface area contributed by atoms with Crippen molar-refractivity contribution in [3.8, 4) is 11.5 Å². The quantitative estimate of drug-likeness (QED) is 0.772. The highest BCUT2D eigenvalue weighted by Gasteiger charge is 2.09. The molecule has 0 atom stereocenters. The number of hydrogen-bond acceptors (Lipinski definition) is 3. The Bertz CT molecular complexity index is 641. The lowest BCUT2D eigenvalue weighted by atomic mass is 10.2. The van der Waals surface area contributed by atoms with Gasteiger partial charge in [-0.05, 0) is 42.3 Å². The number of carbonyl (C=O) groups excluding carboxylic acids is 1. The van der Waals surface area contributed by atoms with E-state index in [4.69, 9.17) is 9.47 Å². The molecule has 4 nitrogen and oxygen atoms in total. The molecule has 2 aromatic rings. The number of nitrogens with one attached hydrogen (secondary N) is 1. The summed E-state index contributed by atoms with van der Waals surface area (Å²) in [6, 6.07) is 14.7. The van der Waals surface area contributed by atoms with Gasteiger partial charge in [0.25, 0.3) is 5.91 Å². The molecule has 0 saturated carbocycles. The summed E-state index contributed by atoms with van der Waals surface area (Å²) in [5, 5.41) is 2.82. The van der Waals surface area contributed by atoms with Gasteiger partial charge >= 0.3 is 0 Å². The van der Waals surface area contributed by atoms with Crippen LogP contribution in [0.3, 0.4) is 0 Å². The van der Waals surface area contributed by atoms with E-state index in [0.717, 1.165) is 4.47 Å². The van der Waals surface area contributed by atoms with Crippen molar-refractivity contribution in [2.24, 2.45) is 5.92 Å². The molecule has 0 heterocycles. The number of carbonyl (C=O) groups is 1. The third-order valence-corrected chi connectivity index (χ3v) is 3.45. The van der Waals surface area contributed by atoms with Crippen molar-refractivity contribution >= 4 is 27.5 Å². The van der Waals surface area contributed by atoms with Crippen molar-refractivity contribution in [2.75, 3.05) is 18.5 Å². The topological polar surface area (TPSA) is 47.6 Å². The summed E-state index contributed by atoms with van der Waals surface area (Å²) in [6.45, 7) is 4.70. The second-order valence-electron chi connectivity index (χ2n) is 5.49. The van der Waals surface area contributed by atoms with E-state index in [1.807, 2.05) is 36.4 Å². The first-order valence-electron chi connectivity index (χ1n) is 7.44. The third-order valence-electron chi connectivity index (χ3n) is 2.92. The molecule has 0 spiro atoms. The molecule has 0 bridgehead atoms. The zero-order valence-corrected chi connectivity index (χ0v) is 14.8. The fraction of sp³-hybridized carbons (Fsp3) is 0.278. The van der Waals surface area contributed by atoms with Crippen molar-refractivity contribution in [2.45, 2.75) is 13.8 Å². The molecule has 0 aliphatic rings. The molecule has 1 amide bonds. The predicted octanol–water partition coefficient (Wildman–Crippen LogP) is 4.50. The average molecular weight is 378 g/mol. The van der Waals surface area contributed by atoms with Crippen LogP contribution in [0.2, 0.25) is 0 Å². The van der Waals surface area contributed by atoms with E-state index >= 15 is 0 Å². The Kier molecular flexibility index (Phi) is 6.47. The second-order valence-corrected chi connectivity index (χ2v) is 6.41. The molecular weight excluding hydrogens is 358 g/mol. The van der Waals surface area contributed by atoms with Gasteiger partial charge in [0.15, 0.2) is 6.61 Å². The Morgan fingerprint density at radius 1 is 1.09 bits per heavy atom. The molecule has 0 saturated heterocycles. The zero-order chi connectivity index (χ0) is 16.7. The number of ether oxygens (including phenoxy) is 2. The lowest BCUT2D eigenvalue weighted by Gasteiger charge is -2.14. The average Bonchev–Trinajstić information content (AvgIpc) is 2.53. The van der Waals surface area contributed by atoms with Gasteiger partial charge in [-0.15, -0.1) is 0 Å². The lowest BCUT2D eigenvalue weighted by Crippen LogP contribution is -2.20. The summed E-state index contributed by atoms with van der Waals surface area (Å²) >= 11 is 3.35. The highest BCUT2D eigenvalue weighted by atomic mass is 79.9. The van der Waals surface area contributed by atoms with Gasteiger partial charge in [-0.3, -0.25) is 4.79 Å². The van der Waals surface area contributed by atoms with Gasteiger partial charge in [0.2, 0.25) is 0 Å². The van der Waals surface area contributed by atoms with Crippen LogP contribution in [-0.2, 0) is 4.79 Å². The van der Waals surface area contributed by atoms with Gasteiger partial charge < -0.3 is 14.8 Å². The van der Waals surface area contributed by atoms with Crippen molar-refractivity contribution in [1.82, 2.24) is 0 Å². The maximum Gasteiger partial charge on any atom is 0.262 e. The van der Waals surface area contributed by atoms with E-state index in [1.165, 1.54) is 0 Å². The molecule has 0 aliphatic carbocycles. The lowest BCUT2D eigenvalue weighted by molar-refractivity contribution is -0.118. The predicted molar refractivity (Wildman–Crippen MR) is 95.0 cm³/mol. The molecule has 0 fully saturated rings. The minimum atomic E-state index is -0.228. The maximum absolute atomic E-state index is 12.0. The van der Waals surface area contributed by atoms with Crippen molar-refractivity contribution in [1.29, 1.82) is 0 Å². The second kappa shape index (κ2) is 8.58. The summed E-state index contributed by atoms with van der Waals surface area (Å²) in [5.41, 5.74) is 0.651. The van der Waals surface area contributed by atoms with Crippen LogP contribution in [0.4, 0.5) is 5.69 Å². The maximum atomic E-state index is 12.0. The summed E-state index contributed by atoms with van der Waals surface area (Å²) < 4.78 is 12.1. The Morgan fingerprint density at radius 2 is 1.78 bits per heavy atom. The Balaban J connectivity index is 1.90. The molecule has 0 aromatic heterocycles. The molecule has 5 heteroatoms. The van der Waals surface area contributed by atoms with E-state index in [0.29, 0.717) is 29.7 Å². The minimum absolute atomic E-state index is 0.0554.